The van der Waals surface area contributed by atoms with E-state index in [9.17, 15) is 0 Å². The number of rotatable bonds is 2. The van der Waals surface area contributed by atoms with Crippen LogP contribution in [0.25, 0.3) is 0 Å². The van der Waals surface area contributed by atoms with Crippen LogP contribution in [0.2, 0.25) is 0 Å². The van der Waals surface area contributed by atoms with Crippen LogP contribution in [-0.4, -0.2) is 23.2 Å². The third-order valence-corrected chi connectivity index (χ3v) is 5.47. The lowest BCUT2D eigenvalue weighted by Gasteiger charge is -2.35. The smallest absolute Gasteiger partial charge is 0.0597 e. The van der Waals surface area contributed by atoms with E-state index in [0.717, 1.165) is 12.8 Å². The molecule has 0 amide bonds. The monoisotopic (exact) mass is 274 g/mol. The Morgan fingerprint density at radius 1 is 1.30 bits per heavy atom. The number of aryl methyl sites for hydroxylation is 1. The maximum atomic E-state index is 6.69. The second-order valence-electron chi connectivity index (χ2n) is 6.61. The van der Waals surface area contributed by atoms with Crippen molar-refractivity contribution in [2.24, 2.45) is 17.6 Å². The quantitative estimate of drug-likeness (QED) is 0.902. The lowest BCUT2D eigenvalue weighted by Crippen LogP contribution is -2.43. The first kappa shape index (κ1) is 14.0. The summed E-state index contributed by atoms with van der Waals surface area (Å²) in [5, 5.41) is 0. The van der Waals surface area contributed by atoms with Gasteiger partial charge in [-0.1, -0.05) is 13.0 Å². The number of nitrogens with two attached hydrogens (primary N) is 1. The predicted molar refractivity (Wildman–Crippen MR) is 80.6 cm³/mol. The summed E-state index contributed by atoms with van der Waals surface area (Å²) in [5.74, 6) is 1.35. The van der Waals surface area contributed by atoms with Gasteiger partial charge in [0.15, 0.2) is 0 Å². The molecule has 1 saturated heterocycles. The maximum Gasteiger partial charge on any atom is 0.0597 e. The number of hydrogen-bond acceptors (Lipinski definition) is 3. The van der Waals surface area contributed by atoms with Gasteiger partial charge < -0.3 is 10.5 Å². The number of ether oxygens (including phenoxy) is 1. The Labute approximate surface area is 121 Å². The van der Waals surface area contributed by atoms with Crippen LogP contribution in [0.5, 0.6) is 0 Å². The van der Waals surface area contributed by atoms with Gasteiger partial charge in [0, 0.05) is 29.8 Å². The summed E-state index contributed by atoms with van der Waals surface area (Å²) < 4.78 is 5.99. The molecule has 1 aliphatic heterocycles. The second kappa shape index (κ2) is 5.45. The van der Waals surface area contributed by atoms with Crippen molar-refractivity contribution < 1.29 is 4.74 Å². The zero-order valence-electron chi connectivity index (χ0n) is 12.8. The number of nitrogens with zero attached hydrogens (tertiary/aromatic N) is 1. The molecule has 20 heavy (non-hydrogen) atoms. The van der Waals surface area contributed by atoms with E-state index in [1.54, 1.807) is 0 Å². The minimum Gasteiger partial charge on any atom is -0.375 e. The van der Waals surface area contributed by atoms with Crippen LogP contribution in [0.15, 0.2) is 18.3 Å². The summed E-state index contributed by atoms with van der Waals surface area (Å²) in [5.41, 5.74) is 9.33. The molecule has 1 fully saturated rings. The molecule has 2 heterocycles. The molecule has 0 aromatic carbocycles. The predicted octanol–water partition coefficient (Wildman–Crippen LogP) is 2.89. The van der Waals surface area contributed by atoms with Gasteiger partial charge in [-0.2, -0.15) is 0 Å². The summed E-state index contributed by atoms with van der Waals surface area (Å²) in [6.45, 7) is 6.62. The topological polar surface area (TPSA) is 48.1 Å². The Balaban J connectivity index is 1.87. The zero-order valence-corrected chi connectivity index (χ0v) is 12.8. The first-order valence-electron chi connectivity index (χ1n) is 7.94. The molecule has 0 saturated carbocycles. The SMILES string of the molecule is CC1OC(C)C(C(N)C2CCCc3cccnc32)C1C. The average Bonchev–Trinajstić information content (AvgIpc) is 2.71. The van der Waals surface area contributed by atoms with E-state index in [4.69, 9.17) is 10.5 Å². The number of fused-ring (bicyclic) bond motifs is 1. The highest BCUT2D eigenvalue weighted by molar-refractivity contribution is 5.27. The van der Waals surface area contributed by atoms with Gasteiger partial charge in [-0.3, -0.25) is 4.98 Å². The Morgan fingerprint density at radius 3 is 2.80 bits per heavy atom. The molecular weight excluding hydrogens is 248 g/mol. The summed E-state index contributed by atoms with van der Waals surface area (Å²) in [6, 6.07) is 4.40. The number of pyridine rings is 1. The van der Waals surface area contributed by atoms with E-state index in [1.807, 2.05) is 12.3 Å². The summed E-state index contributed by atoms with van der Waals surface area (Å²) >= 11 is 0. The Bertz CT molecular complexity index is 476. The van der Waals surface area contributed by atoms with Crippen LogP contribution >= 0.6 is 0 Å². The van der Waals surface area contributed by atoms with Crippen molar-refractivity contribution in [3.05, 3.63) is 29.6 Å². The standard InChI is InChI=1S/C17H26N2O/c1-10-11(2)20-12(3)15(10)16(18)14-8-4-6-13-7-5-9-19-17(13)14/h5,7,9-12,14-16H,4,6,8,18H2,1-3H3. The molecule has 1 aromatic heterocycles. The highest BCUT2D eigenvalue weighted by Crippen LogP contribution is 2.41. The van der Waals surface area contributed by atoms with Crippen LogP contribution in [0, 0.1) is 11.8 Å². The molecule has 110 valence electrons. The van der Waals surface area contributed by atoms with Crippen LogP contribution in [0.3, 0.4) is 0 Å². The molecule has 1 aromatic rings. The summed E-state index contributed by atoms with van der Waals surface area (Å²) in [4.78, 5) is 4.64. The maximum absolute atomic E-state index is 6.69. The van der Waals surface area contributed by atoms with E-state index >= 15 is 0 Å². The fourth-order valence-corrected chi connectivity index (χ4v) is 4.25. The van der Waals surface area contributed by atoms with Crippen molar-refractivity contribution >= 4 is 0 Å². The molecule has 2 aliphatic rings. The van der Waals surface area contributed by atoms with Crippen LogP contribution in [-0.2, 0) is 11.2 Å². The van der Waals surface area contributed by atoms with Gasteiger partial charge in [-0.15, -0.1) is 0 Å². The highest BCUT2D eigenvalue weighted by Gasteiger charge is 2.44. The fourth-order valence-electron chi connectivity index (χ4n) is 4.25. The van der Waals surface area contributed by atoms with Gasteiger partial charge in [-0.25, -0.2) is 0 Å². The van der Waals surface area contributed by atoms with Crippen molar-refractivity contribution in [2.45, 2.75) is 64.2 Å². The van der Waals surface area contributed by atoms with Crippen molar-refractivity contribution in [1.29, 1.82) is 0 Å². The normalized spacial score (nSPS) is 38.5. The first-order valence-corrected chi connectivity index (χ1v) is 7.94. The molecule has 2 N–H and O–H groups in total. The summed E-state index contributed by atoms with van der Waals surface area (Å²) in [6.07, 6.45) is 6.01. The van der Waals surface area contributed by atoms with Gasteiger partial charge in [0.05, 0.1) is 12.2 Å². The van der Waals surface area contributed by atoms with E-state index in [2.05, 4.69) is 31.8 Å². The average molecular weight is 274 g/mol. The largest absolute Gasteiger partial charge is 0.375 e. The van der Waals surface area contributed by atoms with Gasteiger partial charge in [-0.05, 0) is 50.7 Å². The highest BCUT2D eigenvalue weighted by atomic mass is 16.5. The molecule has 3 rings (SSSR count). The first-order chi connectivity index (χ1) is 9.59. The van der Waals surface area contributed by atoms with Crippen molar-refractivity contribution in [2.75, 3.05) is 0 Å². The van der Waals surface area contributed by atoms with E-state index in [1.165, 1.54) is 17.7 Å². The minimum atomic E-state index is 0.152. The molecule has 0 spiro atoms. The van der Waals surface area contributed by atoms with Crippen LogP contribution < -0.4 is 5.73 Å². The number of aromatic nitrogens is 1. The fraction of sp³-hybridized carbons (Fsp3) is 0.706. The van der Waals surface area contributed by atoms with Crippen molar-refractivity contribution in [3.63, 3.8) is 0 Å². The van der Waals surface area contributed by atoms with Crippen LogP contribution in [0.1, 0.15) is 50.8 Å². The lowest BCUT2D eigenvalue weighted by atomic mass is 9.73. The molecular formula is C17H26N2O. The van der Waals surface area contributed by atoms with Crippen LogP contribution in [0.4, 0.5) is 0 Å². The molecule has 3 nitrogen and oxygen atoms in total. The molecule has 0 radical (unpaired) electrons. The zero-order chi connectivity index (χ0) is 14.3. The molecule has 3 heteroatoms. The van der Waals surface area contributed by atoms with Crippen molar-refractivity contribution in [1.82, 2.24) is 4.98 Å². The molecule has 6 unspecified atom stereocenters. The Hall–Kier alpha value is -0.930. The van der Waals surface area contributed by atoms with E-state index < -0.39 is 0 Å². The van der Waals surface area contributed by atoms with Gasteiger partial charge in [0.25, 0.3) is 0 Å². The number of hydrogen-bond donors (Lipinski definition) is 1. The Morgan fingerprint density at radius 2 is 2.10 bits per heavy atom. The second-order valence-corrected chi connectivity index (χ2v) is 6.61. The van der Waals surface area contributed by atoms with E-state index in [-0.39, 0.29) is 12.1 Å². The molecule has 1 aliphatic carbocycles. The van der Waals surface area contributed by atoms with Gasteiger partial charge in [0.1, 0.15) is 0 Å². The van der Waals surface area contributed by atoms with Gasteiger partial charge >= 0.3 is 0 Å². The molecule has 0 bridgehead atoms. The Kier molecular flexibility index (Phi) is 3.83. The third kappa shape index (κ3) is 2.27. The van der Waals surface area contributed by atoms with Crippen molar-refractivity contribution in [3.8, 4) is 0 Å². The van der Waals surface area contributed by atoms with Gasteiger partial charge in [0.2, 0.25) is 0 Å². The summed E-state index contributed by atoms with van der Waals surface area (Å²) in [7, 11) is 0. The lowest BCUT2D eigenvalue weighted by molar-refractivity contribution is 0.0477. The minimum absolute atomic E-state index is 0.152. The van der Waals surface area contributed by atoms with E-state index in [0.29, 0.717) is 23.9 Å². The molecule has 6 atom stereocenters. The third-order valence-electron chi connectivity index (χ3n) is 5.47.